The number of carbonyl (C=O) groups excluding carboxylic acids is 1. The van der Waals surface area contributed by atoms with Gasteiger partial charge in [0, 0.05) is 11.4 Å². The molecule has 2 aromatic heterocycles. The minimum atomic E-state index is -0.374. The smallest absolute Gasteiger partial charge is 0.341 e. The molecule has 0 radical (unpaired) electrons. The molecule has 3 rings (SSSR count). The molecule has 2 N–H and O–H groups in total. The maximum Gasteiger partial charge on any atom is 0.341 e. The van der Waals surface area contributed by atoms with Gasteiger partial charge >= 0.3 is 5.97 Å². The molecule has 2 heterocycles. The lowest BCUT2D eigenvalue weighted by Gasteiger charge is -2.10. The zero-order valence-corrected chi connectivity index (χ0v) is 17.6. The lowest BCUT2D eigenvalue weighted by molar-refractivity contribution is 0.0528. The minimum absolute atomic E-state index is 0.312. The first kappa shape index (κ1) is 20.0. The molecule has 6 nitrogen and oxygen atoms in total. The summed E-state index contributed by atoms with van der Waals surface area (Å²) in [6.45, 7) is 6.89. The molecule has 0 amide bonds. The highest BCUT2D eigenvalue weighted by Crippen LogP contribution is 2.36. The highest BCUT2D eigenvalue weighted by Gasteiger charge is 2.19. The first-order valence-electron chi connectivity index (χ1n) is 9.00. The Balaban J connectivity index is 1.84. The Labute approximate surface area is 173 Å². The molecule has 146 valence electrons. The molecular formula is C20H22N4O2S2. The number of rotatable bonds is 6. The van der Waals surface area contributed by atoms with E-state index in [1.807, 2.05) is 54.9 Å². The Bertz CT molecular complexity index is 980. The maximum absolute atomic E-state index is 12.4. The van der Waals surface area contributed by atoms with Crippen LogP contribution in [0.1, 0.15) is 29.9 Å². The van der Waals surface area contributed by atoms with Gasteiger partial charge in [-0.3, -0.25) is 4.68 Å². The standard InChI is InChI=1S/C20H22N4O2S2/c1-4-24-13(3)16(12-21-24)22-20(27)23-18-15(19(25)26-5-2)11-17(28-18)14-9-7-6-8-10-14/h6-12H,4-5H2,1-3H3,(H2,22,23,27). The quantitative estimate of drug-likeness (QED) is 0.441. The summed E-state index contributed by atoms with van der Waals surface area (Å²) in [5, 5.41) is 11.6. The molecule has 0 saturated heterocycles. The Morgan fingerprint density at radius 2 is 2.00 bits per heavy atom. The lowest BCUT2D eigenvalue weighted by atomic mass is 10.1. The van der Waals surface area contributed by atoms with Crippen LogP contribution in [-0.4, -0.2) is 27.5 Å². The molecule has 0 bridgehead atoms. The SMILES string of the molecule is CCOC(=O)c1cc(-c2ccccc2)sc1NC(=S)Nc1cnn(CC)c1C. The molecule has 0 spiro atoms. The second kappa shape index (κ2) is 8.99. The molecule has 28 heavy (non-hydrogen) atoms. The minimum Gasteiger partial charge on any atom is -0.462 e. The van der Waals surface area contributed by atoms with Crippen molar-refractivity contribution in [3.05, 3.63) is 53.9 Å². The Kier molecular flexibility index (Phi) is 6.43. The van der Waals surface area contributed by atoms with Crippen LogP contribution in [0.2, 0.25) is 0 Å². The number of esters is 1. The van der Waals surface area contributed by atoms with Crippen molar-refractivity contribution in [3.63, 3.8) is 0 Å². The summed E-state index contributed by atoms with van der Waals surface area (Å²) >= 11 is 6.91. The van der Waals surface area contributed by atoms with E-state index < -0.39 is 0 Å². The molecule has 1 aromatic carbocycles. The number of ether oxygens (including phenoxy) is 1. The van der Waals surface area contributed by atoms with Gasteiger partial charge in [-0.2, -0.15) is 5.10 Å². The van der Waals surface area contributed by atoms with E-state index in [0.717, 1.165) is 28.4 Å². The number of anilines is 2. The number of aryl methyl sites for hydroxylation is 1. The van der Waals surface area contributed by atoms with Crippen LogP contribution in [0.4, 0.5) is 10.7 Å². The molecule has 0 aliphatic carbocycles. The number of thiocarbonyl (C=S) groups is 1. The molecule has 0 unspecified atom stereocenters. The van der Waals surface area contributed by atoms with Crippen LogP contribution in [0.3, 0.4) is 0 Å². The van der Waals surface area contributed by atoms with E-state index in [9.17, 15) is 4.79 Å². The van der Waals surface area contributed by atoms with Crippen molar-refractivity contribution in [2.24, 2.45) is 0 Å². The number of hydrogen-bond acceptors (Lipinski definition) is 5. The van der Waals surface area contributed by atoms with Gasteiger partial charge in [0.25, 0.3) is 0 Å². The number of carbonyl (C=O) groups is 1. The number of hydrogen-bond donors (Lipinski definition) is 2. The molecule has 0 saturated carbocycles. The molecular weight excluding hydrogens is 392 g/mol. The number of nitrogens with one attached hydrogen (secondary N) is 2. The van der Waals surface area contributed by atoms with E-state index in [1.165, 1.54) is 11.3 Å². The molecule has 0 aliphatic rings. The number of benzene rings is 1. The monoisotopic (exact) mass is 414 g/mol. The normalized spacial score (nSPS) is 10.5. The summed E-state index contributed by atoms with van der Waals surface area (Å²) in [5.41, 5.74) is 3.33. The second-order valence-corrected chi connectivity index (χ2v) is 7.44. The summed E-state index contributed by atoms with van der Waals surface area (Å²) in [4.78, 5) is 13.4. The summed E-state index contributed by atoms with van der Waals surface area (Å²) in [5.74, 6) is -0.374. The Hall–Kier alpha value is -2.71. The Morgan fingerprint density at radius 3 is 2.64 bits per heavy atom. The van der Waals surface area contributed by atoms with E-state index in [4.69, 9.17) is 17.0 Å². The zero-order valence-electron chi connectivity index (χ0n) is 16.0. The molecule has 0 atom stereocenters. The van der Waals surface area contributed by atoms with Gasteiger partial charge in [0.15, 0.2) is 5.11 Å². The van der Waals surface area contributed by atoms with Crippen LogP contribution >= 0.6 is 23.6 Å². The lowest BCUT2D eigenvalue weighted by Crippen LogP contribution is -2.20. The van der Waals surface area contributed by atoms with Gasteiger partial charge in [-0.15, -0.1) is 11.3 Å². The van der Waals surface area contributed by atoms with Crippen molar-refractivity contribution >= 4 is 45.3 Å². The van der Waals surface area contributed by atoms with Crippen molar-refractivity contribution in [1.82, 2.24) is 9.78 Å². The first-order chi connectivity index (χ1) is 13.5. The summed E-state index contributed by atoms with van der Waals surface area (Å²) in [6.07, 6.45) is 1.74. The third-order valence-electron chi connectivity index (χ3n) is 4.16. The van der Waals surface area contributed by atoms with Crippen LogP contribution in [-0.2, 0) is 11.3 Å². The predicted molar refractivity (Wildman–Crippen MR) is 118 cm³/mol. The highest BCUT2D eigenvalue weighted by atomic mass is 32.1. The first-order valence-corrected chi connectivity index (χ1v) is 10.2. The van der Waals surface area contributed by atoms with Gasteiger partial charge in [0.2, 0.25) is 0 Å². The van der Waals surface area contributed by atoms with Crippen LogP contribution in [0, 0.1) is 6.92 Å². The number of nitrogens with zero attached hydrogens (tertiary/aromatic N) is 2. The van der Waals surface area contributed by atoms with E-state index >= 15 is 0 Å². The van der Waals surface area contributed by atoms with Crippen molar-refractivity contribution < 1.29 is 9.53 Å². The van der Waals surface area contributed by atoms with Crippen LogP contribution in [0.25, 0.3) is 10.4 Å². The van der Waals surface area contributed by atoms with Crippen LogP contribution in [0.15, 0.2) is 42.6 Å². The predicted octanol–water partition coefficient (Wildman–Crippen LogP) is 4.93. The molecule has 8 heteroatoms. The molecule has 0 aliphatic heterocycles. The van der Waals surface area contributed by atoms with E-state index in [-0.39, 0.29) is 5.97 Å². The van der Waals surface area contributed by atoms with Gasteiger partial charge < -0.3 is 15.4 Å². The van der Waals surface area contributed by atoms with Crippen molar-refractivity contribution in [2.45, 2.75) is 27.3 Å². The van der Waals surface area contributed by atoms with Crippen LogP contribution < -0.4 is 10.6 Å². The Morgan fingerprint density at radius 1 is 1.25 bits per heavy atom. The van der Waals surface area contributed by atoms with Crippen molar-refractivity contribution in [3.8, 4) is 10.4 Å². The maximum atomic E-state index is 12.4. The van der Waals surface area contributed by atoms with E-state index in [2.05, 4.69) is 15.7 Å². The fourth-order valence-corrected chi connectivity index (χ4v) is 4.07. The largest absolute Gasteiger partial charge is 0.462 e. The number of thiophene rings is 1. The van der Waals surface area contributed by atoms with Gasteiger partial charge in [0.1, 0.15) is 5.00 Å². The van der Waals surface area contributed by atoms with E-state index in [0.29, 0.717) is 22.3 Å². The van der Waals surface area contributed by atoms with Gasteiger partial charge in [-0.05, 0) is 44.6 Å². The fraction of sp³-hybridized carbons (Fsp3) is 0.250. The van der Waals surface area contributed by atoms with Crippen LogP contribution in [0.5, 0.6) is 0 Å². The summed E-state index contributed by atoms with van der Waals surface area (Å²) < 4.78 is 7.09. The second-order valence-electron chi connectivity index (χ2n) is 5.98. The third-order valence-corrected chi connectivity index (χ3v) is 5.47. The van der Waals surface area contributed by atoms with Crippen molar-refractivity contribution in [2.75, 3.05) is 17.2 Å². The topological polar surface area (TPSA) is 68.2 Å². The van der Waals surface area contributed by atoms with Gasteiger partial charge in [-0.1, -0.05) is 30.3 Å². The van der Waals surface area contributed by atoms with E-state index in [1.54, 1.807) is 13.1 Å². The summed E-state index contributed by atoms with van der Waals surface area (Å²) in [6, 6.07) is 11.7. The third kappa shape index (κ3) is 4.40. The number of aromatic nitrogens is 2. The average molecular weight is 415 g/mol. The molecule has 3 aromatic rings. The van der Waals surface area contributed by atoms with Gasteiger partial charge in [-0.25, -0.2) is 4.79 Å². The fourth-order valence-electron chi connectivity index (χ4n) is 2.73. The van der Waals surface area contributed by atoms with Crippen molar-refractivity contribution in [1.29, 1.82) is 0 Å². The highest BCUT2D eigenvalue weighted by molar-refractivity contribution is 7.80. The summed E-state index contributed by atoms with van der Waals surface area (Å²) in [7, 11) is 0. The zero-order chi connectivity index (χ0) is 20.1. The average Bonchev–Trinajstić information content (AvgIpc) is 3.26. The molecule has 0 fully saturated rings. The van der Waals surface area contributed by atoms with Gasteiger partial charge in [0.05, 0.1) is 29.7 Å².